The van der Waals surface area contributed by atoms with Crippen LogP contribution in [0.5, 0.6) is 5.75 Å². The number of hydrogen-bond donors (Lipinski definition) is 0. The van der Waals surface area contributed by atoms with E-state index in [0.717, 1.165) is 12.3 Å². The van der Waals surface area contributed by atoms with E-state index in [2.05, 4.69) is 44.7 Å². The summed E-state index contributed by atoms with van der Waals surface area (Å²) in [6, 6.07) is 4.47. The van der Waals surface area contributed by atoms with Gasteiger partial charge >= 0.3 is 0 Å². The van der Waals surface area contributed by atoms with Gasteiger partial charge in [0.1, 0.15) is 5.75 Å². The largest absolute Gasteiger partial charge is 0.496 e. The van der Waals surface area contributed by atoms with Crippen LogP contribution in [0.1, 0.15) is 56.2 Å². The van der Waals surface area contributed by atoms with E-state index in [0.29, 0.717) is 0 Å². The normalized spacial score (nSPS) is 11.1. The number of ether oxygens (including phenoxy) is 1. The van der Waals surface area contributed by atoms with Crippen molar-refractivity contribution in [2.75, 3.05) is 20.2 Å². The van der Waals surface area contributed by atoms with Gasteiger partial charge in [0.25, 0.3) is 0 Å². The highest BCUT2D eigenvalue weighted by Crippen LogP contribution is 2.26. The first-order chi connectivity index (χ1) is 9.62. The third-order valence-electron chi connectivity index (χ3n) is 3.75. The standard InChI is InChI=1S/C18H31NO/c1-6-8-10-19(11-9-7-2)14-17-13-15(3)12-16(4)18(17)20-5/h12-13H,6-11,14H2,1-5H3. The van der Waals surface area contributed by atoms with Crippen molar-refractivity contribution < 1.29 is 4.74 Å². The first-order valence-electron chi connectivity index (χ1n) is 7.98. The summed E-state index contributed by atoms with van der Waals surface area (Å²) >= 11 is 0. The van der Waals surface area contributed by atoms with Crippen molar-refractivity contribution in [1.29, 1.82) is 0 Å². The molecule has 0 radical (unpaired) electrons. The number of nitrogens with zero attached hydrogens (tertiary/aromatic N) is 1. The Hall–Kier alpha value is -1.02. The molecule has 0 amide bonds. The van der Waals surface area contributed by atoms with Gasteiger partial charge in [-0.3, -0.25) is 4.90 Å². The number of unbranched alkanes of at least 4 members (excludes halogenated alkanes) is 2. The fourth-order valence-corrected chi connectivity index (χ4v) is 2.73. The third-order valence-corrected chi connectivity index (χ3v) is 3.75. The van der Waals surface area contributed by atoms with Crippen LogP contribution in [-0.2, 0) is 6.54 Å². The molecule has 0 atom stereocenters. The molecule has 1 aromatic carbocycles. The zero-order chi connectivity index (χ0) is 15.0. The molecule has 20 heavy (non-hydrogen) atoms. The van der Waals surface area contributed by atoms with Gasteiger partial charge in [-0.05, 0) is 45.3 Å². The zero-order valence-electron chi connectivity index (χ0n) is 14.0. The molecule has 0 saturated heterocycles. The Morgan fingerprint density at radius 3 is 2.10 bits per heavy atom. The minimum Gasteiger partial charge on any atom is -0.496 e. The summed E-state index contributed by atoms with van der Waals surface area (Å²) in [4.78, 5) is 2.57. The van der Waals surface area contributed by atoms with E-state index >= 15 is 0 Å². The van der Waals surface area contributed by atoms with E-state index in [9.17, 15) is 0 Å². The molecule has 0 aliphatic heterocycles. The lowest BCUT2D eigenvalue weighted by Crippen LogP contribution is -2.26. The minimum absolute atomic E-state index is 1.01. The monoisotopic (exact) mass is 277 g/mol. The van der Waals surface area contributed by atoms with Gasteiger partial charge in [0, 0.05) is 12.1 Å². The Labute approximate surface area is 125 Å². The van der Waals surface area contributed by atoms with E-state index in [1.54, 1.807) is 7.11 Å². The van der Waals surface area contributed by atoms with Crippen LogP contribution >= 0.6 is 0 Å². The third kappa shape index (κ3) is 5.16. The fourth-order valence-electron chi connectivity index (χ4n) is 2.73. The van der Waals surface area contributed by atoms with Gasteiger partial charge in [-0.15, -0.1) is 0 Å². The van der Waals surface area contributed by atoms with Crippen molar-refractivity contribution in [3.63, 3.8) is 0 Å². The second-order valence-electron chi connectivity index (χ2n) is 5.76. The molecule has 2 heteroatoms. The molecule has 2 nitrogen and oxygen atoms in total. The number of aryl methyl sites for hydroxylation is 2. The van der Waals surface area contributed by atoms with Crippen molar-refractivity contribution in [3.05, 3.63) is 28.8 Å². The lowest BCUT2D eigenvalue weighted by molar-refractivity contribution is 0.253. The van der Waals surface area contributed by atoms with Gasteiger partial charge in [0.05, 0.1) is 7.11 Å². The Morgan fingerprint density at radius 1 is 1.00 bits per heavy atom. The first-order valence-corrected chi connectivity index (χ1v) is 7.98. The van der Waals surface area contributed by atoms with E-state index in [4.69, 9.17) is 4.74 Å². The molecule has 0 N–H and O–H groups in total. The molecule has 1 aromatic rings. The Kier molecular flexibility index (Phi) is 7.68. The van der Waals surface area contributed by atoms with Crippen molar-refractivity contribution in [2.24, 2.45) is 0 Å². The number of hydrogen-bond acceptors (Lipinski definition) is 2. The van der Waals surface area contributed by atoms with Gasteiger partial charge in [0.2, 0.25) is 0 Å². The molecular weight excluding hydrogens is 246 g/mol. The fraction of sp³-hybridized carbons (Fsp3) is 0.667. The first kappa shape index (κ1) is 17.0. The van der Waals surface area contributed by atoms with E-state index in [1.165, 1.54) is 55.5 Å². The maximum Gasteiger partial charge on any atom is 0.126 e. The number of benzene rings is 1. The number of methoxy groups -OCH3 is 1. The van der Waals surface area contributed by atoms with Crippen molar-refractivity contribution >= 4 is 0 Å². The molecular formula is C18H31NO. The SMILES string of the molecule is CCCCN(CCCC)Cc1cc(C)cc(C)c1OC. The molecule has 0 saturated carbocycles. The van der Waals surface area contributed by atoms with Crippen molar-refractivity contribution in [3.8, 4) is 5.75 Å². The Morgan fingerprint density at radius 2 is 1.60 bits per heavy atom. The predicted octanol–water partition coefficient (Wildman–Crippen LogP) is 4.71. The molecule has 0 unspecified atom stereocenters. The summed E-state index contributed by atoms with van der Waals surface area (Å²) in [6.45, 7) is 12.2. The lowest BCUT2D eigenvalue weighted by atomic mass is 10.0. The van der Waals surface area contributed by atoms with Gasteiger partial charge in [-0.1, -0.05) is 44.4 Å². The van der Waals surface area contributed by atoms with Gasteiger partial charge < -0.3 is 4.74 Å². The highest BCUT2D eigenvalue weighted by atomic mass is 16.5. The Bertz CT molecular complexity index is 393. The topological polar surface area (TPSA) is 12.5 Å². The van der Waals surface area contributed by atoms with Crippen molar-refractivity contribution in [2.45, 2.75) is 59.9 Å². The van der Waals surface area contributed by atoms with Crippen LogP contribution in [0.15, 0.2) is 12.1 Å². The summed E-state index contributed by atoms with van der Waals surface area (Å²) in [5.74, 6) is 1.06. The summed E-state index contributed by atoms with van der Waals surface area (Å²) in [5.41, 5.74) is 3.90. The van der Waals surface area contributed by atoms with Crippen LogP contribution in [-0.4, -0.2) is 25.1 Å². The van der Waals surface area contributed by atoms with E-state index in [-0.39, 0.29) is 0 Å². The summed E-state index contributed by atoms with van der Waals surface area (Å²) in [6.07, 6.45) is 5.06. The predicted molar refractivity (Wildman–Crippen MR) is 87.6 cm³/mol. The van der Waals surface area contributed by atoms with Crippen molar-refractivity contribution in [1.82, 2.24) is 4.90 Å². The average Bonchev–Trinajstić information content (AvgIpc) is 2.41. The summed E-state index contributed by atoms with van der Waals surface area (Å²) in [7, 11) is 1.78. The highest BCUT2D eigenvalue weighted by molar-refractivity contribution is 5.43. The molecule has 114 valence electrons. The summed E-state index contributed by atoms with van der Waals surface area (Å²) < 4.78 is 5.61. The maximum absolute atomic E-state index is 5.61. The van der Waals surface area contributed by atoms with Gasteiger partial charge in [-0.25, -0.2) is 0 Å². The van der Waals surface area contributed by atoms with Crippen LogP contribution in [0.2, 0.25) is 0 Å². The molecule has 0 aliphatic carbocycles. The van der Waals surface area contributed by atoms with Crippen LogP contribution in [0.3, 0.4) is 0 Å². The average molecular weight is 277 g/mol. The summed E-state index contributed by atoms with van der Waals surface area (Å²) in [5, 5.41) is 0. The maximum atomic E-state index is 5.61. The number of rotatable bonds is 9. The smallest absolute Gasteiger partial charge is 0.126 e. The van der Waals surface area contributed by atoms with Gasteiger partial charge in [-0.2, -0.15) is 0 Å². The van der Waals surface area contributed by atoms with Crippen LogP contribution in [0.4, 0.5) is 0 Å². The Balaban J connectivity index is 2.85. The quantitative estimate of drug-likeness (QED) is 0.648. The second-order valence-corrected chi connectivity index (χ2v) is 5.76. The zero-order valence-corrected chi connectivity index (χ0v) is 14.0. The van der Waals surface area contributed by atoms with Crippen LogP contribution in [0, 0.1) is 13.8 Å². The van der Waals surface area contributed by atoms with Crippen LogP contribution in [0.25, 0.3) is 0 Å². The van der Waals surface area contributed by atoms with Crippen LogP contribution < -0.4 is 4.74 Å². The van der Waals surface area contributed by atoms with Gasteiger partial charge in [0.15, 0.2) is 0 Å². The van der Waals surface area contributed by atoms with E-state index in [1.807, 2.05) is 0 Å². The molecule has 0 spiro atoms. The molecule has 0 bridgehead atoms. The molecule has 0 aliphatic rings. The molecule has 0 heterocycles. The molecule has 0 fully saturated rings. The lowest BCUT2D eigenvalue weighted by Gasteiger charge is -2.24. The second kappa shape index (κ2) is 9.02. The molecule has 1 rings (SSSR count). The highest BCUT2D eigenvalue weighted by Gasteiger charge is 2.12. The minimum atomic E-state index is 1.01. The van der Waals surface area contributed by atoms with E-state index < -0.39 is 0 Å². The molecule has 0 aromatic heterocycles.